The standard InChI is InChI=1S/C16H24N2O2S/c1-11-6-5-9-18(10-11)15-17-14(16(2,3)4)12(21-15)7-8-13(19)20/h7-8,11H,5-6,9-10H2,1-4H3,(H,19,20)/b8-7+. The van der Waals surface area contributed by atoms with Crippen LogP contribution in [0.1, 0.15) is 51.1 Å². The van der Waals surface area contributed by atoms with Crippen molar-refractivity contribution in [1.82, 2.24) is 4.98 Å². The lowest BCUT2D eigenvalue weighted by molar-refractivity contribution is -0.131. The summed E-state index contributed by atoms with van der Waals surface area (Å²) >= 11 is 1.60. The van der Waals surface area contributed by atoms with E-state index in [0.717, 1.165) is 28.8 Å². The molecule has 0 radical (unpaired) electrons. The minimum atomic E-state index is -0.920. The number of hydrogen-bond acceptors (Lipinski definition) is 4. The van der Waals surface area contributed by atoms with Gasteiger partial charge in [-0.15, -0.1) is 0 Å². The number of carbonyl (C=O) groups is 1. The van der Waals surface area contributed by atoms with Crippen molar-refractivity contribution in [1.29, 1.82) is 0 Å². The van der Waals surface area contributed by atoms with Crippen LogP contribution < -0.4 is 4.90 Å². The van der Waals surface area contributed by atoms with Gasteiger partial charge in [0, 0.05) is 24.6 Å². The Morgan fingerprint density at radius 3 is 2.76 bits per heavy atom. The van der Waals surface area contributed by atoms with Crippen LogP contribution in [0, 0.1) is 5.92 Å². The normalized spacial score (nSPS) is 20.2. The Bertz CT molecular complexity index is 543. The minimum Gasteiger partial charge on any atom is -0.478 e. The Kier molecular flexibility index (Phi) is 4.71. The molecule has 4 nitrogen and oxygen atoms in total. The van der Waals surface area contributed by atoms with Gasteiger partial charge in [-0.3, -0.25) is 0 Å². The molecule has 5 heteroatoms. The molecule has 1 aromatic heterocycles. The molecule has 1 aromatic rings. The number of aromatic nitrogens is 1. The molecule has 1 aliphatic rings. The molecule has 1 atom stereocenters. The summed E-state index contributed by atoms with van der Waals surface area (Å²) in [6, 6.07) is 0. The second-order valence-electron chi connectivity index (χ2n) is 6.82. The Morgan fingerprint density at radius 2 is 2.19 bits per heavy atom. The summed E-state index contributed by atoms with van der Waals surface area (Å²) in [5.41, 5.74) is 0.896. The number of aliphatic carboxylic acids is 1. The van der Waals surface area contributed by atoms with Crippen LogP contribution in [0.25, 0.3) is 6.08 Å². The SMILES string of the molecule is CC1CCCN(c2nc(C(C)(C)C)c(/C=C/C(=O)O)s2)C1. The van der Waals surface area contributed by atoms with Gasteiger partial charge in [0.05, 0.1) is 10.6 Å². The molecule has 0 aliphatic carbocycles. The van der Waals surface area contributed by atoms with E-state index >= 15 is 0 Å². The van der Waals surface area contributed by atoms with E-state index in [1.807, 2.05) is 0 Å². The van der Waals surface area contributed by atoms with Crippen molar-refractivity contribution in [3.63, 3.8) is 0 Å². The van der Waals surface area contributed by atoms with E-state index in [-0.39, 0.29) is 5.41 Å². The van der Waals surface area contributed by atoms with E-state index in [2.05, 4.69) is 32.6 Å². The molecule has 2 rings (SSSR count). The molecule has 2 heterocycles. The number of anilines is 1. The van der Waals surface area contributed by atoms with Crippen molar-refractivity contribution < 1.29 is 9.90 Å². The highest BCUT2D eigenvalue weighted by molar-refractivity contribution is 7.16. The summed E-state index contributed by atoms with van der Waals surface area (Å²) in [5, 5.41) is 9.87. The van der Waals surface area contributed by atoms with Crippen molar-refractivity contribution in [3.05, 3.63) is 16.6 Å². The fourth-order valence-corrected chi connectivity index (χ4v) is 3.83. The number of nitrogens with zero attached hydrogens (tertiary/aromatic N) is 2. The maximum atomic E-state index is 10.8. The zero-order chi connectivity index (χ0) is 15.6. The van der Waals surface area contributed by atoms with Gasteiger partial charge in [-0.2, -0.15) is 0 Å². The van der Waals surface area contributed by atoms with E-state index in [1.54, 1.807) is 17.4 Å². The fourth-order valence-electron chi connectivity index (χ4n) is 2.62. The Hall–Kier alpha value is -1.36. The average Bonchev–Trinajstić information content (AvgIpc) is 2.80. The summed E-state index contributed by atoms with van der Waals surface area (Å²) < 4.78 is 0. The first-order valence-corrected chi connectivity index (χ1v) is 8.26. The predicted octanol–water partition coefficient (Wildman–Crippen LogP) is 3.77. The van der Waals surface area contributed by atoms with Gasteiger partial charge in [-0.25, -0.2) is 9.78 Å². The summed E-state index contributed by atoms with van der Waals surface area (Å²) in [5.74, 6) is -0.227. The van der Waals surface area contributed by atoms with E-state index in [1.165, 1.54) is 18.9 Å². The lowest BCUT2D eigenvalue weighted by Crippen LogP contribution is -2.34. The van der Waals surface area contributed by atoms with E-state index in [9.17, 15) is 4.79 Å². The Labute approximate surface area is 130 Å². The van der Waals surface area contributed by atoms with Gasteiger partial charge in [-0.05, 0) is 24.8 Å². The van der Waals surface area contributed by atoms with E-state index < -0.39 is 5.97 Å². The van der Waals surface area contributed by atoms with Gasteiger partial charge in [0.15, 0.2) is 5.13 Å². The summed E-state index contributed by atoms with van der Waals surface area (Å²) in [4.78, 5) is 18.9. The van der Waals surface area contributed by atoms with Gasteiger partial charge < -0.3 is 10.0 Å². The van der Waals surface area contributed by atoms with Crippen LogP contribution in [-0.4, -0.2) is 29.1 Å². The molecule has 0 spiro atoms. The molecule has 1 saturated heterocycles. The van der Waals surface area contributed by atoms with Crippen LogP contribution in [0.15, 0.2) is 6.08 Å². The molecule has 1 unspecified atom stereocenters. The smallest absolute Gasteiger partial charge is 0.328 e. The third-order valence-electron chi connectivity index (χ3n) is 3.66. The maximum Gasteiger partial charge on any atom is 0.328 e. The predicted molar refractivity (Wildman–Crippen MR) is 88.1 cm³/mol. The van der Waals surface area contributed by atoms with E-state index in [4.69, 9.17) is 10.1 Å². The minimum absolute atomic E-state index is 0.0890. The molecule has 116 valence electrons. The molecule has 0 saturated carbocycles. The molecule has 1 aliphatic heterocycles. The van der Waals surface area contributed by atoms with Crippen LogP contribution >= 0.6 is 11.3 Å². The summed E-state index contributed by atoms with van der Waals surface area (Å²) in [6.07, 6.45) is 5.36. The summed E-state index contributed by atoms with van der Waals surface area (Å²) in [6.45, 7) is 10.7. The number of thiazole rings is 1. The quantitative estimate of drug-likeness (QED) is 0.864. The second kappa shape index (κ2) is 6.18. The largest absolute Gasteiger partial charge is 0.478 e. The van der Waals surface area contributed by atoms with Crippen LogP contribution in [0.5, 0.6) is 0 Å². The molecule has 0 amide bonds. The van der Waals surface area contributed by atoms with Gasteiger partial charge in [-0.1, -0.05) is 39.0 Å². The Balaban J connectivity index is 2.33. The fraction of sp³-hybridized carbons (Fsp3) is 0.625. The first kappa shape index (κ1) is 16.0. The number of carboxylic acid groups (broad SMARTS) is 1. The maximum absolute atomic E-state index is 10.8. The lowest BCUT2D eigenvalue weighted by Gasteiger charge is -2.30. The zero-order valence-corrected chi connectivity index (χ0v) is 14.0. The average molecular weight is 308 g/mol. The van der Waals surface area contributed by atoms with Gasteiger partial charge >= 0.3 is 5.97 Å². The van der Waals surface area contributed by atoms with Crippen LogP contribution in [0.3, 0.4) is 0 Å². The molecule has 1 N–H and O–H groups in total. The topological polar surface area (TPSA) is 53.4 Å². The van der Waals surface area contributed by atoms with E-state index in [0.29, 0.717) is 5.92 Å². The molecular formula is C16H24N2O2S. The van der Waals surface area contributed by atoms with Crippen LogP contribution in [0.2, 0.25) is 0 Å². The molecular weight excluding hydrogens is 284 g/mol. The van der Waals surface area contributed by atoms with Crippen molar-refractivity contribution in [2.24, 2.45) is 5.92 Å². The first-order valence-electron chi connectivity index (χ1n) is 7.44. The van der Waals surface area contributed by atoms with Crippen molar-refractivity contribution in [2.45, 2.75) is 46.0 Å². The van der Waals surface area contributed by atoms with Crippen molar-refractivity contribution in [2.75, 3.05) is 18.0 Å². The highest BCUT2D eigenvalue weighted by Crippen LogP contribution is 2.36. The number of hydrogen-bond donors (Lipinski definition) is 1. The summed E-state index contributed by atoms with van der Waals surface area (Å²) in [7, 11) is 0. The van der Waals surface area contributed by atoms with Gasteiger partial charge in [0.2, 0.25) is 0 Å². The third kappa shape index (κ3) is 4.06. The van der Waals surface area contributed by atoms with Gasteiger partial charge in [0.25, 0.3) is 0 Å². The van der Waals surface area contributed by atoms with Crippen molar-refractivity contribution >= 4 is 28.5 Å². The van der Waals surface area contributed by atoms with Crippen molar-refractivity contribution in [3.8, 4) is 0 Å². The highest BCUT2D eigenvalue weighted by atomic mass is 32.1. The number of piperidine rings is 1. The van der Waals surface area contributed by atoms with Crippen LogP contribution in [0.4, 0.5) is 5.13 Å². The Morgan fingerprint density at radius 1 is 1.48 bits per heavy atom. The monoisotopic (exact) mass is 308 g/mol. The lowest BCUT2D eigenvalue weighted by atomic mass is 9.91. The highest BCUT2D eigenvalue weighted by Gasteiger charge is 2.26. The van der Waals surface area contributed by atoms with Crippen LogP contribution in [-0.2, 0) is 10.2 Å². The molecule has 1 fully saturated rings. The zero-order valence-electron chi connectivity index (χ0n) is 13.2. The van der Waals surface area contributed by atoms with Gasteiger partial charge in [0.1, 0.15) is 0 Å². The first-order chi connectivity index (χ1) is 9.77. The third-order valence-corrected chi connectivity index (χ3v) is 4.74. The molecule has 0 aromatic carbocycles. The molecule has 0 bridgehead atoms. The number of carboxylic acids is 1. The molecule has 21 heavy (non-hydrogen) atoms. The second-order valence-corrected chi connectivity index (χ2v) is 7.83. The number of rotatable bonds is 3.